The van der Waals surface area contributed by atoms with Gasteiger partial charge in [0.15, 0.2) is 0 Å². The van der Waals surface area contributed by atoms with Crippen LogP contribution in [0.4, 0.5) is 16.0 Å². The number of halogens is 1. The van der Waals surface area contributed by atoms with Crippen LogP contribution in [-0.4, -0.2) is 48.9 Å². The average Bonchev–Trinajstić information content (AvgIpc) is 3.55. The molecule has 0 bridgehead atoms. The maximum absolute atomic E-state index is 14.6. The van der Waals surface area contributed by atoms with Crippen LogP contribution in [0.15, 0.2) is 57.9 Å². The minimum atomic E-state index is -0.667. The second-order valence-electron chi connectivity index (χ2n) is 11.0. The average molecular weight is 534 g/mol. The van der Waals surface area contributed by atoms with Crippen LogP contribution >= 0.6 is 0 Å². The highest BCUT2D eigenvalue weighted by Gasteiger charge is 2.42. The van der Waals surface area contributed by atoms with Gasteiger partial charge in [0, 0.05) is 31.3 Å². The molecule has 1 aliphatic heterocycles. The van der Waals surface area contributed by atoms with Gasteiger partial charge in [-0.2, -0.15) is 5.10 Å². The molecule has 0 saturated carbocycles. The van der Waals surface area contributed by atoms with Gasteiger partial charge in [0.1, 0.15) is 17.5 Å². The van der Waals surface area contributed by atoms with Crippen molar-refractivity contribution < 1.29 is 13.6 Å². The highest BCUT2D eigenvalue weighted by Crippen LogP contribution is 2.38. The fourth-order valence-electron chi connectivity index (χ4n) is 5.10. The zero-order valence-corrected chi connectivity index (χ0v) is 22.5. The van der Waals surface area contributed by atoms with Gasteiger partial charge in [-0.15, -0.1) is 5.10 Å². The van der Waals surface area contributed by atoms with E-state index in [1.54, 1.807) is 30.2 Å². The molecule has 1 aliphatic rings. The number of carbonyl (C=O) groups excluding carboxylic acids is 1. The summed E-state index contributed by atoms with van der Waals surface area (Å²) in [6.45, 7) is 8.56. The van der Waals surface area contributed by atoms with E-state index in [1.807, 2.05) is 28.9 Å². The van der Waals surface area contributed by atoms with Crippen molar-refractivity contribution in [2.24, 2.45) is 0 Å². The number of anilines is 2. The third-order valence-electron chi connectivity index (χ3n) is 7.18. The van der Waals surface area contributed by atoms with E-state index in [0.29, 0.717) is 43.7 Å². The monoisotopic (exact) mass is 533 g/mol. The zero-order chi connectivity index (χ0) is 27.8. The summed E-state index contributed by atoms with van der Waals surface area (Å²) in [5, 5.41) is 14.3. The van der Waals surface area contributed by atoms with E-state index in [-0.39, 0.29) is 22.9 Å². The van der Waals surface area contributed by atoms with Crippen LogP contribution in [0.25, 0.3) is 0 Å². The van der Waals surface area contributed by atoms with E-state index in [1.165, 1.54) is 6.07 Å². The summed E-state index contributed by atoms with van der Waals surface area (Å²) in [6.07, 6.45) is 3.12. The minimum absolute atomic E-state index is 0.0590. The second kappa shape index (κ2) is 10.1. The van der Waals surface area contributed by atoms with E-state index < -0.39 is 17.0 Å². The van der Waals surface area contributed by atoms with Crippen molar-refractivity contribution in [2.45, 2.75) is 57.9 Å². The number of piperidine rings is 1. The van der Waals surface area contributed by atoms with Gasteiger partial charge in [-0.1, -0.05) is 18.2 Å². The number of likely N-dealkylation sites (tertiary alicyclic amines) is 1. The molecule has 1 aromatic carbocycles. The topological polar surface area (TPSA) is 122 Å². The fraction of sp³-hybridized carbons (Fsp3) is 0.393. The van der Waals surface area contributed by atoms with Gasteiger partial charge in [-0.3, -0.25) is 4.79 Å². The van der Waals surface area contributed by atoms with E-state index in [0.717, 1.165) is 11.5 Å². The summed E-state index contributed by atoms with van der Waals surface area (Å²) >= 11 is 0. The molecule has 0 unspecified atom stereocenters. The maximum Gasteiger partial charge on any atom is 0.434 e. The molecule has 4 heterocycles. The lowest BCUT2D eigenvalue weighted by Crippen LogP contribution is -2.46. The van der Waals surface area contributed by atoms with Crippen LogP contribution in [-0.2, 0) is 17.4 Å². The molecule has 0 spiro atoms. The van der Waals surface area contributed by atoms with Crippen molar-refractivity contribution in [3.63, 3.8) is 0 Å². The van der Waals surface area contributed by atoms with E-state index in [4.69, 9.17) is 9.40 Å². The number of aryl methyl sites for hydroxylation is 1. The molecular weight excluding hydrogens is 501 g/mol. The Morgan fingerprint density at radius 1 is 1.15 bits per heavy atom. The van der Waals surface area contributed by atoms with Crippen molar-refractivity contribution in [3.8, 4) is 0 Å². The normalized spacial score (nSPS) is 15.4. The summed E-state index contributed by atoms with van der Waals surface area (Å²) in [7, 11) is 0. The Morgan fingerprint density at radius 2 is 1.90 bits per heavy atom. The molecule has 39 heavy (non-hydrogen) atoms. The smallest absolute Gasteiger partial charge is 0.392 e. The van der Waals surface area contributed by atoms with Gasteiger partial charge >= 0.3 is 5.76 Å². The molecule has 0 aliphatic carbocycles. The predicted octanol–water partition coefficient (Wildman–Crippen LogP) is 4.32. The lowest BCUT2D eigenvalue weighted by molar-refractivity contribution is 0.0636. The van der Waals surface area contributed by atoms with Gasteiger partial charge < -0.3 is 14.6 Å². The largest absolute Gasteiger partial charge is 0.434 e. The number of pyridine rings is 1. The number of aromatic amines is 1. The lowest BCUT2D eigenvalue weighted by Gasteiger charge is -2.39. The highest BCUT2D eigenvalue weighted by molar-refractivity contribution is 5.94. The van der Waals surface area contributed by atoms with Crippen LogP contribution in [0.3, 0.4) is 0 Å². The van der Waals surface area contributed by atoms with Crippen molar-refractivity contribution in [1.82, 2.24) is 29.9 Å². The van der Waals surface area contributed by atoms with Gasteiger partial charge in [0.25, 0.3) is 5.91 Å². The Balaban J connectivity index is 1.38. The van der Waals surface area contributed by atoms with Crippen LogP contribution in [0.2, 0.25) is 0 Å². The first-order valence-electron chi connectivity index (χ1n) is 12.9. The molecule has 0 atom stereocenters. The first kappa shape index (κ1) is 26.3. The van der Waals surface area contributed by atoms with Gasteiger partial charge in [-0.25, -0.2) is 23.9 Å². The molecule has 5 rings (SSSR count). The minimum Gasteiger partial charge on any atom is -0.392 e. The molecule has 3 aromatic heterocycles. The molecule has 204 valence electrons. The second-order valence-corrected chi connectivity index (χ2v) is 11.0. The standard InChI is InChI=1S/C28H32FN7O3/c1-18-7-5-9-20(23(18)29)24(37)35-15-12-28(13-16-35,25-33-34-26(38)39-25)17-19-8-6-10-21(31-19)32-22-11-14-30-36(22)27(2,3)4/h5-11,14H,12-13,15-17H2,1-4H3,(H,31,32)(H,34,38). The van der Waals surface area contributed by atoms with Crippen molar-refractivity contribution in [2.75, 3.05) is 18.4 Å². The first-order valence-corrected chi connectivity index (χ1v) is 12.9. The van der Waals surface area contributed by atoms with Crippen LogP contribution in [0, 0.1) is 12.7 Å². The number of hydrogen-bond donors (Lipinski definition) is 2. The van der Waals surface area contributed by atoms with Gasteiger partial charge in [0.2, 0.25) is 5.89 Å². The molecule has 4 aromatic rings. The number of H-pyrrole nitrogens is 1. The number of nitrogens with one attached hydrogen (secondary N) is 2. The number of nitrogens with zero attached hydrogens (tertiary/aromatic N) is 5. The van der Waals surface area contributed by atoms with E-state index >= 15 is 0 Å². The fourth-order valence-corrected chi connectivity index (χ4v) is 5.10. The summed E-state index contributed by atoms with van der Waals surface area (Å²) in [5.74, 6) is 0.262. The number of hydrogen-bond acceptors (Lipinski definition) is 7. The number of aromatic nitrogens is 5. The Morgan fingerprint density at radius 3 is 2.59 bits per heavy atom. The highest BCUT2D eigenvalue weighted by atomic mass is 19.1. The van der Waals surface area contributed by atoms with E-state index in [2.05, 4.69) is 41.4 Å². The Hall–Kier alpha value is -4.28. The number of carbonyl (C=O) groups is 1. The third-order valence-corrected chi connectivity index (χ3v) is 7.18. The molecular formula is C28H32FN7O3. The Labute approximate surface area is 225 Å². The van der Waals surface area contributed by atoms with Crippen LogP contribution < -0.4 is 11.1 Å². The number of benzene rings is 1. The SMILES string of the molecule is Cc1cccc(C(=O)N2CCC(Cc3cccc(Nc4ccnn4C(C)(C)C)n3)(c3n[nH]c(=O)o3)CC2)c1F. The van der Waals surface area contributed by atoms with Gasteiger partial charge in [-0.05, 0) is 64.3 Å². The van der Waals surface area contributed by atoms with E-state index in [9.17, 15) is 14.0 Å². The lowest BCUT2D eigenvalue weighted by atomic mass is 9.74. The predicted molar refractivity (Wildman–Crippen MR) is 144 cm³/mol. The van der Waals surface area contributed by atoms with Crippen molar-refractivity contribution >= 4 is 17.5 Å². The van der Waals surface area contributed by atoms with Crippen molar-refractivity contribution in [1.29, 1.82) is 0 Å². The third kappa shape index (κ3) is 5.34. The zero-order valence-electron chi connectivity index (χ0n) is 22.5. The summed E-state index contributed by atoms with van der Waals surface area (Å²) in [6, 6.07) is 12.4. The van der Waals surface area contributed by atoms with Crippen molar-refractivity contribution in [3.05, 3.63) is 87.7 Å². The van der Waals surface area contributed by atoms with Crippen LogP contribution in [0.1, 0.15) is 61.1 Å². The molecule has 2 N–H and O–H groups in total. The maximum atomic E-state index is 14.6. The van der Waals surface area contributed by atoms with Gasteiger partial charge in [0.05, 0.1) is 22.7 Å². The number of amides is 1. The Kier molecular flexibility index (Phi) is 6.83. The molecule has 0 radical (unpaired) electrons. The summed E-state index contributed by atoms with van der Waals surface area (Å²) in [4.78, 5) is 31.5. The molecule has 1 amide bonds. The molecule has 1 saturated heterocycles. The summed E-state index contributed by atoms with van der Waals surface area (Å²) < 4.78 is 22.0. The number of rotatable bonds is 6. The quantitative estimate of drug-likeness (QED) is 0.379. The molecule has 10 nitrogen and oxygen atoms in total. The molecule has 11 heteroatoms. The first-order chi connectivity index (χ1) is 18.6. The Bertz CT molecular complexity index is 1540. The molecule has 1 fully saturated rings. The summed E-state index contributed by atoms with van der Waals surface area (Å²) in [5.41, 5.74) is 0.383. The van der Waals surface area contributed by atoms with Crippen LogP contribution in [0.5, 0.6) is 0 Å².